The molecule has 0 radical (unpaired) electrons. The van der Waals surface area contributed by atoms with Crippen LogP contribution in [-0.4, -0.2) is 24.2 Å². The molecule has 82 valence electrons. The molecule has 0 bridgehead atoms. The Morgan fingerprint density at radius 3 is 2.53 bits per heavy atom. The van der Waals surface area contributed by atoms with Gasteiger partial charge in [0.1, 0.15) is 0 Å². The van der Waals surface area contributed by atoms with Crippen LogP contribution in [0.1, 0.15) is 19.8 Å². The van der Waals surface area contributed by atoms with Crippen molar-refractivity contribution in [3.63, 3.8) is 0 Å². The molecule has 0 amide bonds. The normalized spacial score (nSPS) is 14.2. The number of terminal acetylenes is 1. The maximum absolute atomic E-state index is 11.4. The van der Waals surface area contributed by atoms with Gasteiger partial charge in [0.25, 0.3) is 0 Å². The van der Waals surface area contributed by atoms with Crippen LogP contribution in [0, 0.1) is 17.8 Å². The third kappa shape index (κ3) is 2.84. The zero-order chi connectivity index (χ0) is 11.9. The summed E-state index contributed by atoms with van der Waals surface area (Å²) >= 11 is 0. The van der Waals surface area contributed by atoms with Crippen molar-refractivity contribution in [3.05, 3.63) is 12.2 Å². The summed E-state index contributed by atoms with van der Waals surface area (Å²) in [5.74, 6) is 0.126. The minimum absolute atomic E-state index is 0.0374. The molecule has 0 aliphatic rings. The number of ether oxygens (including phenoxy) is 1. The summed E-state index contributed by atoms with van der Waals surface area (Å²) in [6.45, 7) is 1.74. The fraction of sp³-hybridized carbons (Fsp3) is 0.455. The van der Waals surface area contributed by atoms with Crippen LogP contribution < -0.4 is 0 Å². The van der Waals surface area contributed by atoms with Crippen LogP contribution in [0.3, 0.4) is 0 Å². The second kappa shape index (κ2) is 5.86. The average molecular weight is 210 g/mol. The molecule has 0 aromatic carbocycles. The van der Waals surface area contributed by atoms with Crippen molar-refractivity contribution in [2.45, 2.75) is 19.8 Å². The van der Waals surface area contributed by atoms with Crippen molar-refractivity contribution in [2.24, 2.45) is 5.41 Å². The van der Waals surface area contributed by atoms with Crippen molar-refractivity contribution in [1.29, 1.82) is 0 Å². The Kier molecular flexibility index (Phi) is 5.18. The van der Waals surface area contributed by atoms with E-state index in [1.165, 1.54) is 0 Å². The Bertz CT molecular complexity index is 311. The van der Waals surface area contributed by atoms with Crippen LogP contribution in [0.5, 0.6) is 0 Å². The summed E-state index contributed by atoms with van der Waals surface area (Å²) < 4.78 is 4.48. The van der Waals surface area contributed by atoms with E-state index in [4.69, 9.17) is 11.5 Å². The fourth-order valence-electron chi connectivity index (χ4n) is 1.17. The van der Waals surface area contributed by atoms with Crippen molar-refractivity contribution < 1.29 is 19.4 Å². The van der Waals surface area contributed by atoms with Crippen LogP contribution in [0.25, 0.3) is 0 Å². The SMILES string of the molecule is C#CCC(C/C=C/C)(C(=O)O)C(=O)OC. The van der Waals surface area contributed by atoms with E-state index in [-0.39, 0.29) is 12.8 Å². The number of carboxylic acids is 1. The quantitative estimate of drug-likeness (QED) is 0.321. The lowest BCUT2D eigenvalue weighted by atomic mass is 9.81. The lowest BCUT2D eigenvalue weighted by Crippen LogP contribution is -2.39. The first-order chi connectivity index (χ1) is 7.05. The molecule has 4 heteroatoms. The number of esters is 1. The molecule has 0 aromatic rings. The van der Waals surface area contributed by atoms with Gasteiger partial charge in [0, 0.05) is 6.42 Å². The average Bonchev–Trinajstić information content (AvgIpc) is 2.22. The maximum atomic E-state index is 11.4. The monoisotopic (exact) mass is 210 g/mol. The maximum Gasteiger partial charge on any atom is 0.324 e. The van der Waals surface area contributed by atoms with E-state index in [2.05, 4.69) is 10.7 Å². The summed E-state index contributed by atoms with van der Waals surface area (Å²) in [4.78, 5) is 22.5. The van der Waals surface area contributed by atoms with Gasteiger partial charge >= 0.3 is 11.9 Å². The number of hydrogen-bond acceptors (Lipinski definition) is 3. The Morgan fingerprint density at radius 2 is 2.20 bits per heavy atom. The van der Waals surface area contributed by atoms with Crippen molar-refractivity contribution in [1.82, 2.24) is 0 Å². The molecule has 0 heterocycles. The van der Waals surface area contributed by atoms with Crippen molar-refractivity contribution in [3.8, 4) is 12.3 Å². The molecule has 0 saturated carbocycles. The molecule has 1 N–H and O–H groups in total. The van der Waals surface area contributed by atoms with Gasteiger partial charge < -0.3 is 9.84 Å². The van der Waals surface area contributed by atoms with E-state index < -0.39 is 17.4 Å². The highest BCUT2D eigenvalue weighted by Crippen LogP contribution is 2.29. The first kappa shape index (κ1) is 13.2. The highest BCUT2D eigenvalue weighted by molar-refractivity contribution is 5.99. The highest BCUT2D eigenvalue weighted by atomic mass is 16.5. The third-order valence-corrected chi connectivity index (χ3v) is 2.09. The van der Waals surface area contributed by atoms with Gasteiger partial charge in [-0.15, -0.1) is 12.3 Å². The lowest BCUT2D eigenvalue weighted by molar-refractivity contribution is -0.166. The van der Waals surface area contributed by atoms with Crippen LogP contribution in [0.2, 0.25) is 0 Å². The van der Waals surface area contributed by atoms with Crippen LogP contribution in [0.4, 0.5) is 0 Å². The molecule has 4 nitrogen and oxygen atoms in total. The summed E-state index contributed by atoms with van der Waals surface area (Å²) in [5, 5.41) is 9.05. The van der Waals surface area contributed by atoms with E-state index in [9.17, 15) is 9.59 Å². The molecule has 1 atom stereocenters. The van der Waals surface area contributed by atoms with Crippen LogP contribution >= 0.6 is 0 Å². The number of carboxylic acid groups (broad SMARTS) is 1. The second-order valence-electron chi connectivity index (χ2n) is 3.03. The zero-order valence-electron chi connectivity index (χ0n) is 8.82. The van der Waals surface area contributed by atoms with Gasteiger partial charge in [-0.2, -0.15) is 0 Å². The molecule has 0 rings (SSSR count). The van der Waals surface area contributed by atoms with Gasteiger partial charge in [0.2, 0.25) is 0 Å². The molecule has 0 aliphatic carbocycles. The number of hydrogen-bond donors (Lipinski definition) is 1. The number of aliphatic carboxylic acids is 1. The molecule has 0 fully saturated rings. The smallest absolute Gasteiger partial charge is 0.324 e. The lowest BCUT2D eigenvalue weighted by Gasteiger charge is -2.22. The van der Waals surface area contributed by atoms with Crippen LogP contribution in [-0.2, 0) is 14.3 Å². The van der Waals surface area contributed by atoms with E-state index in [0.717, 1.165) is 7.11 Å². The number of rotatable bonds is 5. The van der Waals surface area contributed by atoms with Crippen molar-refractivity contribution >= 4 is 11.9 Å². The fourth-order valence-corrected chi connectivity index (χ4v) is 1.17. The predicted molar refractivity (Wildman–Crippen MR) is 55.0 cm³/mol. The Balaban J connectivity index is 5.17. The Hall–Kier alpha value is -1.76. The zero-order valence-corrected chi connectivity index (χ0v) is 8.82. The van der Waals surface area contributed by atoms with Gasteiger partial charge in [-0.05, 0) is 13.3 Å². The molecular formula is C11H14O4. The number of allylic oxidation sites excluding steroid dienone is 2. The first-order valence-corrected chi connectivity index (χ1v) is 4.41. The number of carbonyl (C=O) groups excluding carboxylic acids is 1. The molecule has 1 unspecified atom stereocenters. The van der Waals surface area contributed by atoms with E-state index >= 15 is 0 Å². The van der Waals surface area contributed by atoms with Crippen LogP contribution in [0.15, 0.2) is 12.2 Å². The molecular weight excluding hydrogens is 196 g/mol. The molecule has 0 aromatic heterocycles. The number of methoxy groups -OCH3 is 1. The molecule has 15 heavy (non-hydrogen) atoms. The van der Waals surface area contributed by atoms with E-state index in [1.807, 2.05) is 0 Å². The minimum Gasteiger partial charge on any atom is -0.480 e. The standard InChI is InChI=1S/C11H14O4/c1-4-6-8-11(7-5-2,9(12)13)10(14)15-3/h2,4,6H,7-8H2,1,3H3,(H,12,13)/b6-4+. The van der Waals surface area contributed by atoms with E-state index in [0.29, 0.717) is 0 Å². The van der Waals surface area contributed by atoms with Gasteiger partial charge in [-0.1, -0.05) is 12.2 Å². The summed E-state index contributed by atoms with van der Waals surface area (Å²) in [6, 6.07) is 0. The predicted octanol–water partition coefficient (Wildman–Crippen LogP) is 1.22. The summed E-state index contributed by atoms with van der Waals surface area (Å²) in [7, 11) is 1.15. The van der Waals surface area contributed by atoms with Gasteiger partial charge in [0.05, 0.1) is 7.11 Å². The van der Waals surface area contributed by atoms with Crippen molar-refractivity contribution in [2.75, 3.05) is 7.11 Å². The Labute approximate surface area is 88.9 Å². The topological polar surface area (TPSA) is 63.6 Å². The largest absolute Gasteiger partial charge is 0.480 e. The van der Waals surface area contributed by atoms with Gasteiger partial charge in [-0.25, -0.2) is 0 Å². The minimum atomic E-state index is -1.66. The highest BCUT2D eigenvalue weighted by Gasteiger charge is 2.45. The van der Waals surface area contributed by atoms with E-state index in [1.54, 1.807) is 19.1 Å². The Morgan fingerprint density at radius 1 is 1.60 bits per heavy atom. The molecule has 0 saturated heterocycles. The second-order valence-corrected chi connectivity index (χ2v) is 3.03. The van der Waals surface area contributed by atoms with Gasteiger partial charge in [0.15, 0.2) is 5.41 Å². The third-order valence-electron chi connectivity index (χ3n) is 2.09. The summed E-state index contributed by atoms with van der Waals surface area (Å²) in [6.07, 6.45) is 8.18. The molecule has 0 aliphatic heterocycles. The number of carbonyl (C=O) groups is 2. The first-order valence-electron chi connectivity index (χ1n) is 4.41. The summed E-state index contributed by atoms with van der Waals surface area (Å²) in [5.41, 5.74) is -1.66. The van der Waals surface area contributed by atoms with Gasteiger partial charge in [-0.3, -0.25) is 9.59 Å². The molecule has 0 spiro atoms.